The number of carboxylic acids is 1. The Morgan fingerprint density at radius 3 is 1.41 bits per heavy atom. The molecule has 0 saturated heterocycles. The van der Waals surface area contributed by atoms with Crippen LogP contribution >= 0.6 is 7.82 Å². The van der Waals surface area contributed by atoms with Gasteiger partial charge in [0, 0.05) is 13.0 Å². The molecule has 4 N–H and O–H groups in total. The highest BCUT2D eigenvalue weighted by molar-refractivity contribution is 7.47. The van der Waals surface area contributed by atoms with E-state index in [1.54, 1.807) is 0 Å². The number of ether oxygens (including phenoxy) is 2. The minimum absolute atomic E-state index is 0.0183. The standard InChI is InChI=1S/C43H84NO9P/c1-3-5-7-9-11-13-15-17-19-20-22-24-26-28-30-32-34-36-50-37-40(38-51-54(48,49)52-39-41(44)43(46)47)53-42(45)35-33-31-29-27-25-23-21-18-16-14-12-10-8-6-4-2/h19-20,40-41H,3-18,21-39,44H2,1-2H3,(H,46,47)(H,48,49)/b20-19-. The van der Waals surface area contributed by atoms with Gasteiger partial charge in [-0.3, -0.25) is 18.6 Å². The molecular formula is C43H84NO9P. The van der Waals surface area contributed by atoms with Crippen LogP contribution in [0.3, 0.4) is 0 Å². The summed E-state index contributed by atoms with van der Waals surface area (Å²) in [5.74, 6) is -1.77. The number of aliphatic carboxylic acids is 1. The second-order valence-electron chi connectivity index (χ2n) is 15.2. The zero-order valence-corrected chi connectivity index (χ0v) is 35.7. The van der Waals surface area contributed by atoms with Crippen LogP contribution in [0.25, 0.3) is 0 Å². The first-order valence-electron chi connectivity index (χ1n) is 22.2. The first-order chi connectivity index (χ1) is 26.2. The molecule has 3 unspecified atom stereocenters. The molecule has 0 spiro atoms. The molecule has 0 saturated carbocycles. The van der Waals surface area contributed by atoms with Crippen LogP contribution in [0.1, 0.15) is 213 Å². The fourth-order valence-corrected chi connectivity index (χ4v) is 7.08. The molecule has 320 valence electrons. The normalized spacial score (nSPS) is 14.0. The molecule has 0 aliphatic heterocycles. The van der Waals surface area contributed by atoms with Crippen molar-refractivity contribution in [2.45, 2.75) is 225 Å². The summed E-state index contributed by atoms with van der Waals surface area (Å²) in [6.45, 7) is 3.90. The molecule has 11 heteroatoms. The number of carbonyl (C=O) groups is 2. The lowest BCUT2D eigenvalue weighted by Gasteiger charge is -2.20. The number of nitrogens with two attached hydrogens (primary N) is 1. The summed E-state index contributed by atoms with van der Waals surface area (Å²) < 4.78 is 33.4. The number of hydrogen-bond donors (Lipinski definition) is 3. The molecule has 0 aromatic heterocycles. The van der Waals surface area contributed by atoms with Crippen molar-refractivity contribution in [2.75, 3.05) is 26.4 Å². The van der Waals surface area contributed by atoms with E-state index in [4.69, 9.17) is 29.4 Å². The molecular weight excluding hydrogens is 705 g/mol. The second kappa shape index (κ2) is 39.9. The Bertz CT molecular complexity index is 919. The number of allylic oxidation sites excluding steroid dienone is 2. The second-order valence-corrected chi connectivity index (χ2v) is 16.6. The number of esters is 1. The van der Waals surface area contributed by atoms with E-state index >= 15 is 0 Å². The van der Waals surface area contributed by atoms with Crippen LogP contribution < -0.4 is 5.73 Å². The minimum Gasteiger partial charge on any atom is -0.480 e. The van der Waals surface area contributed by atoms with Crippen LogP contribution in [0, 0.1) is 0 Å². The Labute approximate surface area is 331 Å². The van der Waals surface area contributed by atoms with E-state index in [1.807, 2.05) is 0 Å². The average molecular weight is 790 g/mol. The van der Waals surface area contributed by atoms with Crippen molar-refractivity contribution in [3.05, 3.63) is 12.2 Å². The summed E-state index contributed by atoms with van der Waals surface area (Å²) in [5.41, 5.74) is 5.35. The SMILES string of the molecule is CCCCCCCCC/C=C\CCCCCCCCOCC(COP(=O)(O)OCC(N)C(=O)O)OC(=O)CCCCCCCCCCCCCCCCC. The van der Waals surface area contributed by atoms with Gasteiger partial charge in [0.1, 0.15) is 12.1 Å². The summed E-state index contributed by atoms with van der Waals surface area (Å²) >= 11 is 0. The Balaban J connectivity index is 4.21. The number of carbonyl (C=O) groups excluding carboxylic acids is 1. The maximum absolute atomic E-state index is 12.6. The van der Waals surface area contributed by atoms with Crippen molar-refractivity contribution in [3.8, 4) is 0 Å². The lowest BCUT2D eigenvalue weighted by atomic mass is 10.0. The lowest BCUT2D eigenvalue weighted by molar-refractivity contribution is -0.154. The largest absolute Gasteiger partial charge is 0.480 e. The molecule has 0 aromatic rings. The highest BCUT2D eigenvalue weighted by Crippen LogP contribution is 2.43. The number of phosphoric ester groups is 1. The van der Waals surface area contributed by atoms with Crippen molar-refractivity contribution in [2.24, 2.45) is 5.73 Å². The zero-order chi connectivity index (χ0) is 39.8. The van der Waals surface area contributed by atoms with Gasteiger partial charge in [-0.25, -0.2) is 4.57 Å². The summed E-state index contributed by atoms with van der Waals surface area (Å²) in [4.78, 5) is 33.5. The number of carboxylic acid groups (broad SMARTS) is 1. The van der Waals surface area contributed by atoms with Gasteiger partial charge in [-0.15, -0.1) is 0 Å². The fraction of sp³-hybridized carbons (Fsp3) is 0.907. The number of rotatable bonds is 43. The highest BCUT2D eigenvalue weighted by Gasteiger charge is 2.27. The Kier molecular flexibility index (Phi) is 39.0. The minimum atomic E-state index is -4.61. The van der Waals surface area contributed by atoms with Gasteiger partial charge in [0.25, 0.3) is 0 Å². The fourth-order valence-electron chi connectivity index (χ4n) is 6.31. The van der Waals surface area contributed by atoms with Gasteiger partial charge < -0.3 is 25.2 Å². The van der Waals surface area contributed by atoms with Crippen molar-refractivity contribution < 1.29 is 42.7 Å². The van der Waals surface area contributed by atoms with Crippen molar-refractivity contribution >= 4 is 19.8 Å². The van der Waals surface area contributed by atoms with Gasteiger partial charge >= 0.3 is 19.8 Å². The molecule has 3 atom stereocenters. The van der Waals surface area contributed by atoms with Gasteiger partial charge in [0.15, 0.2) is 0 Å². The maximum Gasteiger partial charge on any atom is 0.472 e. The van der Waals surface area contributed by atoms with Crippen LogP contribution in [-0.4, -0.2) is 60.5 Å². The molecule has 10 nitrogen and oxygen atoms in total. The lowest BCUT2D eigenvalue weighted by Crippen LogP contribution is -2.34. The predicted octanol–water partition coefficient (Wildman–Crippen LogP) is 12.1. The number of unbranched alkanes of at least 4 members (excludes halogenated alkanes) is 27. The van der Waals surface area contributed by atoms with E-state index in [1.165, 1.54) is 148 Å². The Hall–Kier alpha value is -1.29. The molecule has 0 bridgehead atoms. The van der Waals surface area contributed by atoms with Crippen molar-refractivity contribution in [3.63, 3.8) is 0 Å². The predicted molar refractivity (Wildman–Crippen MR) is 222 cm³/mol. The quantitative estimate of drug-likeness (QED) is 0.0235. The van der Waals surface area contributed by atoms with Gasteiger partial charge in [-0.2, -0.15) is 0 Å². The first kappa shape index (κ1) is 52.7. The molecule has 0 fully saturated rings. The Morgan fingerprint density at radius 1 is 0.574 bits per heavy atom. The van der Waals surface area contributed by atoms with Crippen LogP contribution in [0.5, 0.6) is 0 Å². The number of hydrogen-bond acceptors (Lipinski definition) is 8. The number of phosphoric acid groups is 1. The third-order valence-electron chi connectivity index (χ3n) is 9.79. The zero-order valence-electron chi connectivity index (χ0n) is 34.8. The van der Waals surface area contributed by atoms with Gasteiger partial charge in [0.05, 0.1) is 19.8 Å². The summed E-state index contributed by atoms with van der Waals surface area (Å²) in [6, 6.07) is -1.47. The summed E-state index contributed by atoms with van der Waals surface area (Å²) in [7, 11) is -4.61. The van der Waals surface area contributed by atoms with E-state index in [0.717, 1.165) is 44.9 Å². The molecule has 0 aliphatic carbocycles. The van der Waals surface area contributed by atoms with Crippen molar-refractivity contribution in [1.29, 1.82) is 0 Å². The van der Waals surface area contributed by atoms with Crippen LogP contribution in [-0.2, 0) is 32.7 Å². The van der Waals surface area contributed by atoms with E-state index in [0.29, 0.717) is 6.61 Å². The van der Waals surface area contributed by atoms with E-state index < -0.39 is 45.1 Å². The molecule has 0 aromatic carbocycles. The average Bonchev–Trinajstić information content (AvgIpc) is 3.15. The van der Waals surface area contributed by atoms with Gasteiger partial charge in [0.2, 0.25) is 0 Å². The molecule has 0 rings (SSSR count). The Morgan fingerprint density at radius 2 is 0.963 bits per heavy atom. The smallest absolute Gasteiger partial charge is 0.472 e. The molecule has 0 aliphatic rings. The molecule has 0 amide bonds. The first-order valence-corrected chi connectivity index (χ1v) is 23.7. The van der Waals surface area contributed by atoms with E-state index in [9.17, 15) is 19.0 Å². The van der Waals surface area contributed by atoms with Crippen LogP contribution in [0.2, 0.25) is 0 Å². The topological polar surface area (TPSA) is 155 Å². The molecule has 0 heterocycles. The van der Waals surface area contributed by atoms with Crippen LogP contribution in [0.15, 0.2) is 12.2 Å². The van der Waals surface area contributed by atoms with Crippen molar-refractivity contribution in [1.82, 2.24) is 0 Å². The molecule has 54 heavy (non-hydrogen) atoms. The maximum atomic E-state index is 12.6. The monoisotopic (exact) mass is 790 g/mol. The third-order valence-corrected chi connectivity index (χ3v) is 10.7. The summed E-state index contributed by atoms with van der Waals surface area (Å²) in [6.07, 6.45) is 41.1. The van der Waals surface area contributed by atoms with Gasteiger partial charge in [-0.05, 0) is 38.5 Å². The third kappa shape index (κ3) is 39.0. The molecule has 0 radical (unpaired) electrons. The van der Waals surface area contributed by atoms with Crippen LogP contribution in [0.4, 0.5) is 0 Å². The van der Waals surface area contributed by atoms with E-state index in [-0.39, 0.29) is 13.0 Å². The highest BCUT2D eigenvalue weighted by atomic mass is 31.2. The van der Waals surface area contributed by atoms with E-state index in [2.05, 4.69) is 26.0 Å². The summed E-state index contributed by atoms with van der Waals surface area (Å²) in [5, 5.41) is 8.89. The van der Waals surface area contributed by atoms with Gasteiger partial charge in [-0.1, -0.05) is 180 Å².